The highest BCUT2D eigenvalue weighted by atomic mass is 32.1. The van der Waals surface area contributed by atoms with Crippen LogP contribution in [0.3, 0.4) is 0 Å². The molecular weight excluding hydrogens is 228 g/mol. The monoisotopic (exact) mass is 248 g/mol. The fourth-order valence-corrected chi connectivity index (χ4v) is 2.24. The van der Waals surface area contributed by atoms with Gasteiger partial charge >= 0.3 is 0 Å². The molecule has 0 saturated heterocycles. The Balaban J connectivity index is 1.79. The molecule has 1 unspecified atom stereocenters. The number of thiocarbonyl (C=S) groups is 1. The number of anilines is 1. The molecule has 1 aromatic carbocycles. The largest absolute Gasteiger partial charge is 0.360 e. The molecule has 92 valence electrons. The van der Waals surface area contributed by atoms with Crippen LogP contribution >= 0.6 is 12.2 Å². The summed E-state index contributed by atoms with van der Waals surface area (Å²) in [5, 5.41) is 7.37. The first kappa shape index (κ1) is 12.4. The summed E-state index contributed by atoms with van der Waals surface area (Å²) >= 11 is 5.33. The van der Waals surface area contributed by atoms with Gasteiger partial charge in [-0.25, -0.2) is 0 Å². The number of hydrogen-bond acceptors (Lipinski definition) is 1. The highest BCUT2D eigenvalue weighted by molar-refractivity contribution is 7.80. The van der Waals surface area contributed by atoms with Gasteiger partial charge in [0.25, 0.3) is 0 Å². The van der Waals surface area contributed by atoms with Crippen LogP contribution in [-0.2, 0) is 0 Å². The summed E-state index contributed by atoms with van der Waals surface area (Å²) in [6.07, 6.45) is 5.19. The van der Waals surface area contributed by atoms with Gasteiger partial charge in [0.2, 0.25) is 0 Å². The molecule has 0 radical (unpaired) electrons. The molecule has 2 nitrogen and oxygen atoms in total. The Morgan fingerprint density at radius 2 is 2.06 bits per heavy atom. The van der Waals surface area contributed by atoms with E-state index in [4.69, 9.17) is 12.2 Å². The van der Waals surface area contributed by atoms with Crippen molar-refractivity contribution in [1.82, 2.24) is 5.32 Å². The van der Waals surface area contributed by atoms with Crippen LogP contribution in [0.1, 0.15) is 32.6 Å². The molecule has 17 heavy (non-hydrogen) atoms. The van der Waals surface area contributed by atoms with Crippen LogP contribution in [0.2, 0.25) is 0 Å². The molecule has 2 N–H and O–H groups in total. The lowest BCUT2D eigenvalue weighted by Gasteiger charge is -2.19. The minimum Gasteiger partial charge on any atom is -0.360 e. The van der Waals surface area contributed by atoms with Gasteiger partial charge in [0, 0.05) is 11.7 Å². The molecule has 0 bridgehead atoms. The van der Waals surface area contributed by atoms with E-state index < -0.39 is 0 Å². The maximum atomic E-state index is 5.33. The highest BCUT2D eigenvalue weighted by Gasteiger charge is 2.24. The molecule has 0 aliphatic heterocycles. The third-order valence-corrected chi connectivity index (χ3v) is 3.39. The Labute approximate surface area is 109 Å². The van der Waals surface area contributed by atoms with Crippen LogP contribution in [0.15, 0.2) is 30.3 Å². The Kier molecular flexibility index (Phi) is 4.37. The lowest BCUT2D eigenvalue weighted by atomic mass is 10.1. The van der Waals surface area contributed by atoms with E-state index in [1.165, 1.54) is 19.3 Å². The van der Waals surface area contributed by atoms with Gasteiger partial charge in [-0.2, -0.15) is 0 Å². The van der Waals surface area contributed by atoms with Crippen molar-refractivity contribution in [2.45, 2.75) is 38.6 Å². The number of para-hydroxylation sites is 1. The molecule has 0 aromatic heterocycles. The van der Waals surface area contributed by atoms with Crippen molar-refractivity contribution in [2.24, 2.45) is 5.92 Å². The maximum Gasteiger partial charge on any atom is 0.170 e. The summed E-state index contributed by atoms with van der Waals surface area (Å²) in [7, 11) is 0. The van der Waals surface area contributed by atoms with E-state index >= 15 is 0 Å². The van der Waals surface area contributed by atoms with Gasteiger partial charge in [-0.05, 0) is 43.1 Å². The molecule has 3 heteroatoms. The van der Waals surface area contributed by atoms with E-state index in [0.717, 1.165) is 23.1 Å². The lowest BCUT2D eigenvalue weighted by molar-refractivity contribution is 0.513. The van der Waals surface area contributed by atoms with Crippen molar-refractivity contribution >= 4 is 23.0 Å². The van der Waals surface area contributed by atoms with E-state index in [0.29, 0.717) is 6.04 Å². The van der Waals surface area contributed by atoms with E-state index in [9.17, 15) is 0 Å². The number of nitrogens with one attached hydrogen (secondary N) is 2. The van der Waals surface area contributed by atoms with Crippen molar-refractivity contribution < 1.29 is 0 Å². The second-order valence-corrected chi connectivity index (χ2v) is 5.16. The summed E-state index contributed by atoms with van der Waals surface area (Å²) in [5.41, 5.74) is 1.05. The van der Waals surface area contributed by atoms with E-state index in [1.54, 1.807) is 0 Å². The number of hydrogen-bond donors (Lipinski definition) is 2. The molecule has 0 heterocycles. The first-order valence-electron chi connectivity index (χ1n) is 6.40. The standard InChI is InChI=1S/C14H20N2S/c1-2-12(10-11-8-9-11)15-14(17)16-13-6-4-3-5-7-13/h3-7,11-12H,2,8-10H2,1H3,(H2,15,16,17). The van der Waals surface area contributed by atoms with Gasteiger partial charge in [-0.3, -0.25) is 0 Å². The lowest BCUT2D eigenvalue weighted by Crippen LogP contribution is -2.37. The van der Waals surface area contributed by atoms with Crippen molar-refractivity contribution in [2.75, 3.05) is 5.32 Å². The van der Waals surface area contributed by atoms with Crippen molar-refractivity contribution in [3.05, 3.63) is 30.3 Å². The molecule has 1 aliphatic rings. The van der Waals surface area contributed by atoms with Crippen molar-refractivity contribution in [3.63, 3.8) is 0 Å². The van der Waals surface area contributed by atoms with Gasteiger partial charge < -0.3 is 10.6 Å². The molecule has 1 atom stereocenters. The fourth-order valence-electron chi connectivity index (χ4n) is 1.96. The summed E-state index contributed by atoms with van der Waals surface area (Å²) in [6.45, 7) is 2.21. The van der Waals surface area contributed by atoms with Gasteiger partial charge in [-0.15, -0.1) is 0 Å². The van der Waals surface area contributed by atoms with Crippen LogP contribution in [0.5, 0.6) is 0 Å². The molecular formula is C14H20N2S. The Hall–Kier alpha value is -1.09. The van der Waals surface area contributed by atoms with Gasteiger partial charge in [0.1, 0.15) is 0 Å². The SMILES string of the molecule is CCC(CC1CC1)NC(=S)Nc1ccccc1. The van der Waals surface area contributed by atoms with Crippen molar-refractivity contribution in [3.8, 4) is 0 Å². The quantitative estimate of drug-likeness (QED) is 0.779. The molecule has 0 spiro atoms. The third-order valence-electron chi connectivity index (χ3n) is 3.17. The minimum absolute atomic E-state index is 0.520. The van der Waals surface area contributed by atoms with Crippen LogP contribution in [0.25, 0.3) is 0 Å². The average molecular weight is 248 g/mol. The molecule has 1 aromatic rings. The molecule has 2 rings (SSSR count). The van der Waals surface area contributed by atoms with Crippen molar-refractivity contribution in [1.29, 1.82) is 0 Å². The summed E-state index contributed by atoms with van der Waals surface area (Å²) in [4.78, 5) is 0. The van der Waals surface area contributed by atoms with Crippen LogP contribution < -0.4 is 10.6 Å². The smallest absolute Gasteiger partial charge is 0.170 e. The predicted octanol–water partition coefficient (Wildman–Crippen LogP) is 3.55. The Morgan fingerprint density at radius 3 is 2.65 bits per heavy atom. The molecule has 1 aliphatic carbocycles. The van der Waals surface area contributed by atoms with Crippen LogP contribution in [-0.4, -0.2) is 11.2 Å². The maximum absolute atomic E-state index is 5.33. The summed E-state index contributed by atoms with van der Waals surface area (Å²) < 4.78 is 0. The zero-order chi connectivity index (χ0) is 12.1. The Bertz CT molecular complexity index is 360. The third kappa shape index (κ3) is 4.35. The predicted molar refractivity (Wildman–Crippen MR) is 77.2 cm³/mol. The molecule has 1 fully saturated rings. The zero-order valence-corrected chi connectivity index (χ0v) is 11.1. The fraction of sp³-hybridized carbons (Fsp3) is 0.500. The average Bonchev–Trinajstić information content (AvgIpc) is 3.13. The Morgan fingerprint density at radius 1 is 1.35 bits per heavy atom. The van der Waals surface area contributed by atoms with Crippen LogP contribution in [0, 0.1) is 5.92 Å². The first-order chi connectivity index (χ1) is 8.28. The van der Waals surface area contributed by atoms with Gasteiger partial charge in [0.05, 0.1) is 0 Å². The minimum atomic E-state index is 0.520. The topological polar surface area (TPSA) is 24.1 Å². The van der Waals surface area contributed by atoms with E-state index in [-0.39, 0.29) is 0 Å². The van der Waals surface area contributed by atoms with E-state index in [2.05, 4.69) is 17.6 Å². The normalized spacial score (nSPS) is 16.3. The van der Waals surface area contributed by atoms with Gasteiger partial charge in [0.15, 0.2) is 5.11 Å². The molecule has 0 amide bonds. The summed E-state index contributed by atoms with van der Waals surface area (Å²) in [5.74, 6) is 0.937. The second-order valence-electron chi connectivity index (χ2n) is 4.75. The number of rotatable bonds is 5. The number of benzene rings is 1. The summed E-state index contributed by atoms with van der Waals surface area (Å²) in [6, 6.07) is 10.6. The highest BCUT2D eigenvalue weighted by Crippen LogP contribution is 2.34. The van der Waals surface area contributed by atoms with E-state index in [1.807, 2.05) is 30.3 Å². The zero-order valence-electron chi connectivity index (χ0n) is 10.3. The van der Waals surface area contributed by atoms with Gasteiger partial charge in [-0.1, -0.05) is 38.0 Å². The molecule has 1 saturated carbocycles. The first-order valence-corrected chi connectivity index (χ1v) is 6.81. The van der Waals surface area contributed by atoms with Crippen LogP contribution in [0.4, 0.5) is 5.69 Å². The second kappa shape index (κ2) is 6.01.